The van der Waals surface area contributed by atoms with E-state index in [4.69, 9.17) is 10.5 Å². The molecule has 104 valence electrons. The molecule has 1 amide bonds. The minimum absolute atomic E-state index is 0.109. The van der Waals surface area contributed by atoms with Crippen LogP contribution in [-0.4, -0.2) is 36.5 Å². The molecule has 0 aromatic heterocycles. The van der Waals surface area contributed by atoms with Crippen molar-refractivity contribution in [3.63, 3.8) is 0 Å². The summed E-state index contributed by atoms with van der Waals surface area (Å²) in [6.45, 7) is 3.11. The monoisotopic (exact) mass is 266 g/mol. The average molecular weight is 266 g/mol. The largest absolute Gasteiger partial charge is 0.481 e. The zero-order valence-corrected chi connectivity index (χ0v) is 11.0. The van der Waals surface area contributed by atoms with Crippen molar-refractivity contribution in [2.45, 2.75) is 19.4 Å². The summed E-state index contributed by atoms with van der Waals surface area (Å²) in [6, 6.07) is 6.25. The summed E-state index contributed by atoms with van der Waals surface area (Å²) >= 11 is 0. The fourth-order valence-corrected chi connectivity index (χ4v) is 2.44. The van der Waals surface area contributed by atoms with Crippen molar-refractivity contribution < 1.29 is 13.9 Å². The number of amides is 1. The molecule has 2 atom stereocenters. The Kier molecular flexibility index (Phi) is 4.37. The minimum atomic E-state index is -0.454. The molecule has 0 radical (unpaired) electrons. The molecule has 0 bridgehead atoms. The molecule has 2 rings (SSSR count). The number of carbonyl (C=O) groups excluding carboxylic acids is 1. The van der Waals surface area contributed by atoms with Crippen molar-refractivity contribution in [3.8, 4) is 5.75 Å². The lowest BCUT2D eigenvalue weighted by Gasteiger charge is -2.21. The second-order valence-electron chi connectivity index (χ2n) is 4.95. The molecule has 5 heteroatoms. The number of hydrogen-bond acceptors (Lipinski definition) is 3. The van der Waals surface area contributed by atoms with E-state index in [1.165, 1.54) is 12.1 Å². The highest BCUT2D eigenvalue weighted by atomic mass is 19.1. The summed E-state index contributed by atoms with van der Waals surface area (Å²) in [5.74, 6) is -0.109. The van der Waals surface area contributed by atoms with Crippen molar-refractivity contribution in [1.82, 2.24) is 4.90 Å². The second kappa shape index (κ2) is 6.02. The van der Waals surface area contributed by atoms with Gasteiger partial charge in [0, 0.05) is 12.6 Å². The van der Waals surface area contributed by atoms with E-state index < -0.39 is 5.82 Å². The maximum Gasteiger partial charge on any atom is 0.260 e. The Morgan fingerprint density at radius 3 is 2.89 bits per heavy atom. The van der Waals surface area contributed by atoms with Crippen LogP contribution in [0.1, 0.15) is 13.3 Å². The number of rotatable bonds is 4. The van der Waals surface area contributed by atoms with Crippen LogP contribution < -0.4 is 10.5 Å². The first-order valence-corrected chi connectivity index (χ1v) is 6.48. The Morgan fingerprint density at radius 1 is 1.53 bits per heavy atom. The normalized spacial score (nSPS) is 22.6. The van der Waals surface area contributed by atoms with Crippen molar-refractivity contribution in [2.75, 3.05) is 19.7 Å². The fourth-order valence-electron chi connectivity index (χ4n) is 2.44. The molecule has 1 aliphatic rings. The van der Waals surface area contributed by atoms with Gasteiger partial charge in [-0.25, -0.2) is 4.39 Å². The van der Waals surface area contributed by atoms with Gasteiger partial charge in [-0.2, -0.15) is 0 Å². The van der Waals surface area contributed by atoms with E-state index in [1.54, 1.807) is 17.0 Å². The molecule has 0 spiro atoms. The molecule has 0 saturated carbocycles. The molecular formula is C14H19FN2O2. The Labute approximate surface area is 112 Å². The summed E-state index contributed by atoms with van der Waals surface area (Å²) in [5.41, 5.74) is 5.62. The number of carbonyl (C=O) groups is 1. The highest BCUT2D eigenvalue weighted by molar-refractivity contribution is 5.78. The van der Waals surface area contributed by atoms with E-state index in [9.17, 15) is 9.18 Å². The van der Waals surface area contributed by atoms with Crippen molar-refractivity contribution in [3.05, 3.63) is 30.1 Å². The lowest BCUT2D eigenvalue weighted by molar-refractivity contribution is -0.134. The molecule has 1 fully saturated rings. The fraction of sp³-hybridized carbons (Fsp3) is 0.500. The Hall–Kier alpha value is -1.62. The number of halogens is 1. The summed E-state index contributed by atoms with van der Waals surface area (Å²) in [5, 5.41) is 0. The van der Waals surface area contributed by atoms with Crippen LogP contribution in [0.3, 0.4) is 0 Å². The van der Waals surface area contributed by atoms with Gasteiger partial charge in [-0.1, -0.05) is 12.1 Å². The van der Waals surface area contributed by atoms with Crippen LogP contribution in [0.2, 0.25) is 0 Å². The number of nitrogens with zero attached hydrogens (tertiary/aromatic N) is 1. The first-order chi connectivity index (χ1) is 9.11. The summed E-state index contributed by atoms with van der Waals surface area (Å²) < 4.78 is 18.6. The highest BCUT2D eigenvalue weighted by Gasteiger charge is 2.31. The van der Waals surface area contributed by atoms with Gasteiger partial charge < -0.3 is 15.4 Å². The van der Waals surface area contributed by atoms with Gasteiger partial charge in [0.2, 0.25) is 0 Å². The SMILES string of the molecule is CC1CC(CN)CN1C(=O)COc1ccccc1F. The highest BCUT2D eigenvalue weighted by Crippen LogP contribution is 2.22. The lowest BCUT2D eigenvalue weighted by Crippen LogP contribution is -2.37. The molecule has 1 heterocycles. The number of para-hydroxylation sites is 1. The number of nitrogens with two attached hydrogens (primary N) is 1. The minimum Gasteiger partial charge on any atom is -0.481 e. The van der Waals surface area contributed by atoms with Gasteiger partial charge in [0.05, 0.1) is 0 Å². The van der Waals surface area contributed by atoms with Crippen LogP contribution in [0.4, 0.5) is 4.39 Å². The molecule has 1 aromatic rings. The van der Waals surface area contributed by atoms with E-state index in [0.29, 0.717) is 19.0 Å². The number of likely N-dealkylation sites (tertiary alicyclic amines) is 1. The van der Waals surface area contributed by atoms with Gasteiger partial charge >= 0.3 is 0 Å². The summed E-state index contributed by atoms with van der Waals surface area (Å²) in [7, 11) is 0. The van der Waals surface area contributed by atoms with Crippen LogP contribution in [0.5, 0.6) is 5.75 Å². The third kappa shape index (κ3) is 3.23. The number of hydrogen-bond donors (Lipinski definition) is 1. The molecule has 1 saturated heterocycles. The van der Waals surface area contributed by atoms with E-state index in [-0.39, 0.29) is 24.3 Å². The maximum atomic E-state index is 13.3. The van der Waals surface area contributed by atoms with E-state index in [1.807, 2.05) is 6.92 Å². The average Bonchev–Trinajstić information content (AvgIpc) is 2.79. The first-order valence-electron chi connectivity index (χ1n) is 6.48. The predicted molar refractivity (Wildman–Crippen MR) is 70.2 cm³/mol. The number of benzene rings is 1. The Balaban J connectivity index is 1.90. The Bertz CT molecular complexity index is 453. The van der Waals surface area contributed by atoms with Crippen LogP contribution in [0.15, 0.2) is 24.3 Å². The summed E-state index contributed by atoms with van der Waals surface area (Å²) in [6.07, 6.45) is 0.919. The molecule has 19 heavy (non-hydrogen) atoms. The molecular weight excluding hydrogens is 247 g/mol. The van der Waals surface area contributed by atoms with Crippen molar-refractivity contribution >= 4 is 5.91 Å². The van der Waals surface area contributed by atoms with Crippen LogP contribution in [0, 0.1) is 11.7 Å². The summed E-state index contributed by atoms with van der Waals surface area (Å²) in [4.78, 5) is 13.8. The third-order valence-corrected chi connectivity index (χ3v) is 3.50. The molecule has 4 nitrogen and oxygen atoms in total. The molecule has 2 N–H and O–H groups in total. The lowest BCUT2D eigenvalue weighted by atomic mass is 10.1. The Morgan fingerprint density at radius 2 is 2.26 bits per heavy atom. The van der Waals surface area contributed by atoms with E-state index in [0.717, 1.165) is 6.42 Å². The molecule has 2 unspecified atom stereocenters. The second-order valence-corrected chi connectivity index (χ2v) is 4.95. The van der Waals surface area contributed by atoms with Crippen LogP contribution in [0.25, 0.3) is 0 Å². The van der Waals surface area contributed by atoms with Gasteiger partial charge in [0.15, 0.2) is 18.2 Å². The van der Waals surface area contributed by atoms with Crippen LogP contribution >= 0.6 is 0 Å². The topological polar surface area (TPSA) is 55.6 Å². The van der Waals surface area contributed by atoms with E-state index in [2.05, 4.69) is 0 Å². The predicted octanol–water partition coefficient (Wildman–Crippen LogP) is 1.40. The molecule has 1 aromatic carbocycles. The van der Waals surface area contributed by atoms with Gasteiger partial charge in [0.25, 0.3) is 5.91 Å². The van der Waals surface area contributed by atoms with Crippen molar-refractivity contribution in [1.29, 1.82) is 0 Å². The van der Waals surface area contributed by atoms with E-state index >= 15 is 0 Å². The maximum absolute atomic E-state index is 13.3. The zero-order valence-electron chi connectivity index (χ0n) is 11.0. The van der Waals surface area contributed by atoms with Crippen LogP contribution in [-0.2, 0) is 4.79 Å². The smallest absolute Gasteiger partial charge is 0.260 e. The van der Waals surface area contributed by atoms with Gasteiger partial charge in [-0.3, -0.25) is 4.79 Å². The quantitative estimate of drug-likeness (QED) is 0.896. The molecule has 1 aliphatic heterocycles. The zero-order chi connectivity index (χ0) is 13.8. The standard InChI is InChI=1S/C14H19FN2O2/c1-10-6-11(7-16)8-17(10)14(18)9-19-13-5-3-2-4-12(13)15/h2-5,10-11H,6-9,16H2,1H3. The molecule has 0 aliphatic carbocycles. The third-order valence-electron chi connectivity index (χ3n) is 3.50. The first kappa shape index (κ1) is 13.8. The van der Waals surface area contributed by atoms with Crippen molar-refractivity contribution in [2.24, 2.45) is 11.7 Å². The van der Waals surface area contributed by atoms with Gasteiger partial charge in [-0.05, 0) is 37.9 Å². The number of ether oxygens (including phenoxy) is 1. The van der Waals surface area contributed by atoms with Gasteiger partial charge in [0.1, 0.15) is 0 Å². The van der Waals surface area contributed by atoms with Gasteiger partial charge in [-0.15, -0.1) is 0 Å².